The van der Waals surface area contributed by atoms with Crippen molar-refractivity contribution in [1.29, 1.82) is 0 Å². The first-order valence-electron chi connectivity index (χ1n) is 9.46. The van der Waals surface area contributed by atoms with Gasteiger partial charge in [0.25, 0.3) is 0 Å². The van der Waals surface area contributed by atoms with Crippen molar-refractivity contribution in [3.05, 3.63) is 66.7 Å². The summed E-state index contributed by atoms with van der Waals surface area (Å²) in [5.41, 5.74) is 1.58. The quantitative estimate of drug-likeness (QED) is 0.718. The van der Waals surface area contributed by atoms with E-state index >= 15 is 0 Å². The number of amides is 1. The predicted octanol–water partition coefficient (Wildman–Crippen LogP) is 4.34. The Hall–Kier alpha value is -3.12. The topological polar surface area (TPSA) is 65.4 Å². The lowest BCUT2D eigenvalue weighted by Gasteiger charge is -2.22. The first-order chi connectivity index (χ1) is 13.7. The van der Waals surface area contributed by atoms with Gasteiger partial charge in [-0.05, 0) is 44.0 Å². The van der Waals surface area contributed by atoms with Crippen LogP contribution in [-0.4, -0.2) is 28.7 Å². The highest BCUT2D eigenvalue weighted by molar-refractivity contribution is 5.94. The molecule has 144 valence electrons. The fourth-order valence-corrected chi connectivity index (χ4v) is 3.31. The van der Waals surface area contributed by atoms with Crippen LogP contribution in [0.2, 0.25) is 0 Å². The molecule has 6 heteroatoms. The normalized spacial score (nSPS) is 14.6. The number of carbonyl (C=O) groups is 1. The fourth-order valence-electron chi connectivity index (χ4n) is 3.31. The number of anilines is 1. The molecule has 6 nitrogen and oxygen atoms in total. The monoisotopic (exact) mass is 377 g/mol. The first-order valence-corrected chi connectivity index (χ1v) is 9.46. The summed E-state index contributed by atoms with van der Waals surface area (Å²) in [5.74, 6) is 2.16. The summed E-state index contributed by atoms with van der Waals surface area (Å²) in [6, 6.07) is 15.3. The second kappa shape index (κ2) is 8.27. The smallest absolute Gasteiger partial charge is 0.227 e. The van der Waals surface area contributed by atoms with E-state index in [1.165, 1.54) is 0 Å². The minimum atomic E-state index is -0.0334. The summed E-state index contributed by atoms with van der Waals surface area (Å²) in [6.07, 6.45) is 5.14. The van der Waals surface area contributed by atoms with Gasteiger partial charge in [0.1, 0.15) is 11.6 Å². The van der Waals surface area contributed by atoms with Crippen molar-refractivity contribution in [3.8, 4) is 17.2 Å². The third kappa shape index (κ3) is 4.07. The van der Waals surface area contributed by atoms with Gasteiger partial charge in [-0.2, -0.15) is 0 Å². The number of ether oxygens (including phenoxy) is 2. The summed E-state index contributed by atoms with van der Waals surface area (Å²) in [4.78, 5) is 17.0. The van der Waals surface area contributed by atoms with Gasteiger partial charge in [-0.15, -0.1) is 0 Å². The first kappa shape index (κ1) is 18.3. The molecule has 1 amide bonds. The lowest BCUT2D eigenvalue weighted by Crippen LogP contribution is -2.28. The number of aromatic nitrogens is 2. The standard InChI is InChI=1S/C22H23N3O3/c1-16-23-11-12-25(16)18-7-8-20(24-22(26)17-9-13-27-14-10-17)21(15-18)28-19-5-3-2-4-6-19/h2-8,11-12,15,17H,9-10,13-14H2,1H3,(H,24,26). The van der Waals surface area contributed by atoms with E-state index in [2.05, 4.69) is 10.3 Å². The van der Waals surface area contributed by atoms with E-state index < -0.39 is 0 Å². The number of imidazole rings is 1. The molecule has 3 aromatic rings. The van der Waals surface area contributed by atoms with Crippen LogP contribution >= 0.6 is 0 Å². The molecule has 1 aliphatic heterocycles. The number of benzene rings is 2. The molecule has 0 atom stereocenters. The molecule has 0 aliphatic carbocycles. The van der Waals surface area contributed by atoms with Crippen molar-refractivity contribution in [2.45, 2.75) is 19.8 Å². The number of hydrogen-bond donors (Lipinski definition) is 1. The molecule has 0 spiro atoms. The highest BCUT2D eigenvalue weighted by Gasteiger charge is 2.23. The molecule has 4 rings (SSSR count). The third-order valence-corrected chi connectivity index (χ3v) is 4.89. The molecular formula is C22H23N3O3. The number of rotatable bonds is 5. The van der Waals surface area contributed by atoms with E-state index in [1.807, 2.05) is 66.2 Å². The Morgan fingerprint density at radius 1 is 1.18 bits per heavy atom. The van der Waals surface area contributed by atoms with Gasteiger partial charge in [0, 0.05) is 37.6 Å². The van der Waals surface area contributed by atoms with Gasteiger partial charge in [0.2, 0.25) is 5.91 Å². The van der Waals surface area contributed by atoms with E-state index in [0.29, 0.717) is 30.4 Å². The Morgan fingerprint density at radius 2 is 1.96 bits per heavy atom. The lowest BCUT2D eigenvalue weighted by atomic mass is 9.99. The number of aryl methyl sites for hydroxylation is 1. The Balaban J connectivity index is 1.64. The van der Waals surface area contributed by atoms with E-state index in [1.54, 1.807) is 6.20 Å². The zero-order chi connectivity index (χ0) is 19.3. The molecule has 2 heterocycles. The number of nitrogens with one attached hydrogen (secondary N) is 1. The van der Waals surface area contributed by atoms with E-state index in [-0.39, 0.29) is 11.8 Å². The van der Waals surface area contributed by atoms with Crippen LogP contribution in [0.25, 0.3) is 5.69 Å². The Morgan fingerprint density at radius 3 is 2.68 bits per heavy atom. The molecule has 0 unspecified atom stereocenters. The summed E-state index contributed by atoms with van der Waals surface area (Å²) in [5, 5.41) is 3.04. The number of nitrogens with zero attached hydrogens (tertiary/aromatic N) is 2. The van der Waals surface area contributed by atoms with E-state index in [9.17, 15) is 4.79 Å². The molecule has 1 fully saturated rings. The van der Waals surface area contributed by atoms with Gasteiger partial charge in [0.15, 0.2) is 5.75 Å². The fraction of sp³-hybridized carbons (Fsp3) is 0.273. The summed E-state index contributed by atoms with van der Waals surface area (Å²) >= 11 is 0. The average molecular weight is 377 g/mol. The molecule has 1 saturated heterocycles. The highest BCUT2D eigenvalue weighted by Crippen LogP contribution is 2.33. The van der Waals surface area contributed by atoms with E-state index in [4.69, 9.17) is 9.47 Å². The Kier molecular flexibility index (Phi) is 5.39. The van der Waals surface area contributed by atoms with Crippen LogP contribution in [0.4, 0.5) is 5.69 Å². The molecule has 1 aliphatic rings. The zero-order valence-corrected chi connectivity index (χ0v) is 15.8. The maximum Gasteiger partial charge on any atom is 0.227 e. The van der Waals surface area contributed by atoms with Crippen LogP contribution in [0.5, 0.6) is 11.5 Å². The second-order valence-electron chi connectivity index (χ2n) is 6.82. The molecule has 28 heavy (non-hydrogen) atoms. The second-order valence-corrected chi connectivity index (χ2v) is 6.82. The minimum Gasteiger partial charge on any atom is -0.455 e. The van der Waals surface area contributed by atoms with Crippen molar-refractivity contribution in [1.82, 2.24) is 9.55 Å². The molecular weight excluding hydrogens is 354 g/mol. The summed E-state index contributed by atoms with van der Waals surface area (Å²) in [6.45, 7) is 3.20. The minimum absolute atomic E-state index is 0.00720. The van der Waals surface area contributed by atoms with Crippen LogP contribution in [0.15, 0.2) is 60.9 Å². The highest BCUT2D eigenvalue weighted by atomic mass is 16.5. The molecule has 0 saturated carbocycles. The van der Waals surface area contributed by atoms with Gasteiger partial charge in [-0.3, -0.25) is 4.79 Å². The van der Waals surface area contributed by atoms with Crippen molar-refractivity contribution in [2.75, 3.05) is 18.5 Å². The van der Waals surface area contributed by atoms with Gasteiger partial charge in [-0.25, -0.2) is 4.98 Å². The molecule has 2 aromatic carbocycles. The Labute approximate surface area is 164 Å². The van der Waals surface area contributed by atoms with Gasteiger partial charge >= 0.3 is 0 Å². The number of para-hydroxylation sites is 1. The van der Waals surface area contributed by atoms with Crippen LogP contribution in [0.3, 0.4) is 0 Å². The maximum atomic E-state index is 12.7. The SMILES string of the molecule is Cc1nccn1-c1ccc(NC(=O)C2CCOCC2)c(Oc2ccccc2)c1. The third-order valence-electron chi connectivity index (χ3n) is 4.89. The molecule has 1 N–H and O–H groups in total. The molecule has 1 aromatic heterocycles. The largest absolute Gasteiger partial charge is 0.455 e. The van der Waals surface area contributed by atoms with Crippen LogP contribution in [0, 0.1) is 12.8 Å². The Bertz CT molecular complexity index is 947. The average Bonchev–Trinajstić information content (AvgIpc) is 3.16. The van der Waals surface area contributed by atoms with Gasteiger partial charge in [0.05, 0.1) is 11.4 Å². The summed E-state index contributed by atoms with van der Waals surface area (Å²) < 4.78 is 13.4. The molecule has 0 bridgehead atoms. The number of carbonyl (C=O) groups excluding carboxylic acids is 1. The maximum absolute atomic E-state index is 12.7. The van der Waals surface area contributed by atoms with Crippen LogP contribution < -0.4 is 10.1 Å². The van der Waals surface area contributed by atoms with Crippen molar-refractivity contribution in [3.63, 3.8) is 0 Å². The molecule has 0 radical (unpaired) electrons. The lowest BCUT2D eigenvalue weighted by molar-refractivity contribution is -0.122. The van der Waals surface area contributed by atoms with Crippen LogP contribution in [0.1, 0.15) is 18.7 Å². The van der Waals surface area contributed by atoms with Gasteiger partial charge < -0.3 is 19.4 Å². The summed E-state index contributed by atoms with van der Waals surface area (Å²) in [7, 11) is 0. The van der Waals surface area contributed by atoms with Crippen molar-refractivity contribution < 1.29 is 14.3 Å². The van der Waals surface area contributed by atoms with Crippen LogP contribution in [-0.2, 0) is 9.53 Å². The van der Waals surface area contributed by atoms with Crippen molar-refractivity contribution in [2.24, 2.45) is 5.92 Å². The zero-order valence-electron chi connectivity index (χ0n) is 15.8. The predicted molar refractivity (Wildman–Crippen MR) is 107 cm³/mol. The number of hydrogen-bond acceptors (Lipinski definition) is 4. The van der Waals surface area contributed by atoms with E-state index in [0.717, 1.165) is 24.4 Å². The van der Waals surface area contributed by atoms with Gasteiger partial charge in [-0.1, -0.05) is 18.2 Å². The van der Waals surface area contributed by atoms with Crippen molar-refractivity contribution >= 4 is 11.6 Å².